The molecule has 11 nitrogen and oxygen atoms in total. The summed E-state index contributed by atoms with van der Waals surface area (Å²) in [5.41, 5.74) is 0.667. The predicted molar refractivity (Wildman–Crippen MR) is 146 cm³/mol. The van der Waals surface area contributed by atoms with Crippen LogP contribution >= 0.6 is 0 Å². The monoisotopic (exact) mass is 566 g/mol. The summed E-state index contributed by atoms with van der Waals surface area (Å²) >= 11 is 0. The van der Waals surface area contributed by atoms with Gasteiger partial charge in [0.25, 0.3) is 0 Å². The lowest BCUT2D eigenvalue weighted by atomic mass is 9.94. The number of nitrogens with zero attached hydrogens (tertiary/aromatic N) is 1. The summed E-state index contributed by atoms with van der Waals surface area (Å²) in [5.74, 6) is -0.835. The second-order valence-electron chi connectivity index (χ2n) is 9.89. The first-order valence-corrected chi connectivity index (χ1v) is 13.5. The van der Waals surface area contributed by atoms with Gasteiger partial charge in [0.2, 0.25) is 17.4 Å². The summed E-state index contributed by atoms with van der Waals surface area (Å²) in [5, 5.41) is 14.2. The number of ether oxygens (including phenoxy) is 5. The molecule has 1 saturated heterocycles. The molecule has 0 aliphatic carbocycles. The smallest absolute Gasteiger partial charge is 0.239 e. The third-order valence-electron chi connectivity index (χ3n) is 7.61. The van der Waals surface area contributed by atoms with Crippen LogP contribution in [0.15, 0.2) is 52.1 Å². The van der Waals surface area contributed by atoms with Gasteiger partial charge in [-0.25, -0.2) is 0 Å². The van der Waals surface area contributed by atoms with E-state index in [9.17, 15) is 14.7 Å². The number of amides is 1. The first-order chi connectivity index (χ1) is 19.9. The number of quaternary nitrogens is 1. The fourth-order valence-corrected chi connectivity index (χ4v) is 5.56. The molecule has 0 spiro atoms. The molecule has 0 saturated carbocycles. The highest BCUT2D eigenvalue weighted by Crippen LogP contribution is 2.45. The number of nitrogens with one attached hydrogen (secondary N) is 1. The highest BCUT2D eigenvalue weighted by molar-refractivity contribution is 6.16. The van der Waals surface area contributed by atoms with E-state index in [-0.39, 0.29) is 17.9 Å². The number of benzene rings is 2. The summed E-state index contributed by atoms with van der Waals surface area (Å²) in [6.07, 6.45) is 0.637. The van der Waals surface area contributed by atoms with Gasteiger partial charge in [-0.1, -0.05) is 12.1 Å². The molecule has 1 N–H and O–H groups in total. The van der Waals surface area contributed by atoms with E-state index in [4.69, 9.17) is 28.1 Å². The van der Waals surface area contributed by atoms with E-state index in [0.29, 0.717) is 59.2 Å². The normalized spacial score (nSPS) is 17.8. The second-order valence-corrected chi connectivity index (χ2v) is 9.89. The summed E-state index contributed by atoms with van der Waals surface area (Å²) in [6.45, 7) is 4.23. The summed E-state index contributed by atoms with van der Waals surface area (Å²) in [7, 11) is 5.95. The maximum absolute atomic E-state index is 14.0. The van der Waals surface area contributed by atoms with Gasteiger partial charge in [-0.15, -0.1) is 0 Å². The van der Waals surface area contributed by atoms with Crippen molar-refractivity contribution in [1.29, 1.82) is 0 Å². The Morgan fingerprint density at radius 1 is 1.00 bits per heavy atom. The van der Waals surface area contributed by atoms with Crippen molar-refractivity contribution in [3.8, 4) is 23.0 Å². The molecule has 1 unspecified atom stereocenters. The van der Waals surface area contributed by atoms with Crippen LogP contribution in [0, 0.1) is 0 Å². The first kappa shape index (κ1) is 28.3. The maximum atomic E-state index is 14.0. The molecular formula is C30H34N2O9. The molecule has 1 fully saturated rings. The molecule has 2 aliphatic heterocycles. The predicted octanol–water partition coefficient (Wildman–Crippen LogP) is 1.15. The maximum Gasteiger partial charge on any atom is 0.239 e. The van der Waals surface area contributed by atoms with E-state index in [1.807, 2.05) is 0 Å². The Hall–Kier alpha value is -4.22. The van der Waals surface area contributed by atoms with Gasteiger partial charge in [0.05, 0.1) is 54.2 Å². The number of morpholine rings is 1. The van der Waals surface area contributed by atoms with Crippen LogP contribution in [0.2, 0.25) is 0 Å². The number of Topliss-reactive ketones (excluding diaryl/α,β-unsaturated/α-hetero) is 1. The minimum absolute atomic E-state index is 0.0577. The average Bonchev–Trinajstić information content (AvgIpc) is 3.55. The second kappa shape index (κ2) is 12.1. The van der Waals surface area contributed by atoms with Crippen molar-refractivity contribution in [3.63, 3.8) is 0 Å². The van der Waals surface area contributed by atoms with Crippen molar-refractivity contribution in [2.75, 3.05) is 67.8 Å². The molecule has 2 aromatic carbocycles. The van der Waals surface area contributed by atoms with Crippen molar-refractivity contribution < 1.29 is 47.7 Å². The molecule has 1 atom stereocenters. The molecule has 41 heavy (non-hydrogen) atoms. The first-order valence-electron chi connectivity index (χ1n) is 13.5. The van der Waals surface area contributed by atoms with Crippen molar-refractivity contribution >= 4 is 22.7 Å². The number of fused-ring (bicyclic) bond motifs is 1. The fourth-order valence-electron chi connectivity index (χ4n) is 5.56. The van der Waals surface area contributed by atoms with Gasteiger partial charge < -0.3 is 43.0 Å². The van der Waals surface area contributed by atoms with Gasteiger partial charge in [-0.05, 0) is 35.6 Å². The van der Waals surface area contributed by atoms with Gasteiger partial charge in [-0.3, -0.25) is 9.59 Å². The molecule has 5 rings (SSSR count). The number of para-hydroxylation sites is 1. The van der Waals surface area contributed by atoms with E-state index in [1.54, 1.807) is 36.4 Å². The number of methoxy groups -OCH3 is 4. The van der Waals surface area contributed by atoms with Gasteiger partial charge in [-0.2, -0.15) is 0 Å². The Morgan fingerprint density at radius 2 is 1.68 bits per heavy atom. The lowest BCUT2D eigenvalue weighted by molar-refractivity contribution is -0.908. The fraction of sp³-hybridized carbons (Fsp3) is 0.400. The van der Waals surface area contributed by atoms with Crippen LogP contribution < -0.4 is 29.0 Å². The number of hydrogen-bond donors (Lipinski definition) is 1. The molecule has 0 radical (unpaired) electrons. The average molecular weight is 567 g/mol. The number of carbonyl (C=O) groups excluding carboxylic acids is 2. The lowest BCUT2D eigenvalue weighted by Crippen LogP contribution is -3.14. The zero-order valence-corrected chi connectivity index (χ0v) is 23.6. The molecular weight excluding hydrogens is 532 g/mol. The van der Waals surface area contributed by atoms with Gasteiger partial charge in [0.1, 0.15) is 13.1 Å². The van der Waals surface area contributed by atoms with Crippen molar-refractivity contribution in [2.24, 2.45) is 0 Å². The topological polar surface area (TPSA) is 124 Å². The number of furan rings is 1. The van der Waals surface area contributed by atoms with Gasteiger partial charge >= 0.3 is 0 Å². The quantitative estimate of drug-likeness (QED) is 0.341. The Balaban J connectivity index is 1.55. The van der Waals surface area contributed by atoms with Crippen molar-refractivity contribution in [2.45, 2.75) is 12.5 Å². The lowest BCUT2D eigenvalue weighted by Gasteiger charge is -2.29. The van der Waals surface area contributed by atoms with Crippen LogP contribution in [0.5, 0.6) is 23.0 Å². The minimum Gasteiger partial charge on any atom is -0.868 e. The Morgan fingerprint density at radius 3 is 2.32 bits per heavy atom. The molecule has 1 amide bonds. The zero-order valence-electron chi connectivity index (χ0n) is 23.6. The molecule has 1 aromatic heterocycles. The van der Waals surface area contributed by atoms with Gasteiger partial charge in [0.15, 0.2) is 28.6 Å². The molecule has 3 aromatic rings. The van der Waals surface area contributed by atoms with Crippen LogP contribution in [0.4, 0.5) is 0 Å². The standard InChI is InChI=1S/C30H34N2O9/c1-36-20-8-5-7-18-15-21(41-28(18)20)26(33)24-25(19-16-22(37-2)29(39-4)23(17-19)38-3)32(30(35)27(24)34)10-6-9-31-11-13-40-14-12-31/h5,7-8,15-17,25,34H,6,9-14H2,1-4H3. The van der Waals surface area contributed by atoms with Crippen LogP contribution in [0.25, 0.3) is 11.0 Å². The van der Waals surface area contributed by atoms with E-state index in [1.165, 1.54) is 38.2 Å². The summed E-state index contributed by atoms with van der Waals surface area (Å²) < 4.78 is 33.2. The third kappa shape index (κ3) is 5.30. The number of hydrogen-bond acceptors (Lipinski definition) is 9. The SMILES string of the molecule is COc1cc(C2C(C(=O)c3cc4cccc(OC)c4o3)=C([O-])C(=O)N2CCC[NH+]2CCOCC2)cc(OC)c1OC. The van der Waals surface area contributed by atoms with Crippen LogP contribution in [0.1, 0.15) is 28.6 Å². The summed E-state index contributed by atoms with van der Waals surface area (Å²) in [6, 6.07) is 9.17. The van der Waals surface area contributed by atoms with Crippen LogP contribution in [0.3, 0.4) is 0 Å². The Labute approximate surface area is 237 Å². The molecule has 218 valence electrons. The minimum atomic E-state index is -0.981. The van der Waals surface area contributed by atoms with E-state index in [0.717, 1.165) is 19.6 Å². The number of carbonyl (C=O) groups is 2. The highest BCUT2D eigenvalue weighted by atomic mass is 16.5. The highest BCUT2D eigenvalue weighted by Gasteiger charge is 2.41. The van der Waals surface area contributed by atoms with Gasteiger partial charge in [0, 0.05) is 23.9 Å². The van der Waals surface area contributed by atoms with Crippen molar-refractivity contribution in [3.05, 3.63) is 59.1 Å². The molecule has 3 heterocycles. The Bertz CT molecular complexity index is 1450. The summed E-state index contributed by atoms with van der Waals surface area (Å²) in [4.78, 5) is 30.3. The van der Waals surface area contributed by atoms with E-state index in [2.05, 4.69) is 0 Å². The zero-order chi connectivity index (χ0) is 29.1. The van der Waals surface area contributed by atoms with Crippen LogP contribution in [-0.4, -0.2) is 84.4 Å². The largest absolute Gasteiger partial charge is 0.868 e. The Kier molecular flexibility index (Phi) is 8.36. The molecule has 11 heteroatoms. The number of rotatable bonds is 11. The van der Waals surface area contributed by atoms with Crippen molar-refractivity contribution in [1.82, 2.24) is 4.90 Å². The van der Waals surface area contributed by atoms with Crippen LogP contribution in [-0.2, 0) is 9.53 Å². The van der Waals surface area contributed by atoms with E-state index < -0.39 is 23.5 Å². The van der Waals surface area contributed by atoms with E-state index >= 15 is 0 Å². The molecule has 0 bridgehead atoms. The number of ketones is 1. The third-order valence-corrected chi connectivity index (χ3v) is 7.61. The molecule has 2 aliphatic rings.